The van der Waals surface area contributed by atoms with E-state index in [0.717, 1.165) is 6.07 Å². The van der Waals surface area contributed by atoms with E-state index in [1.165, 1.54) is 50.6 Å². The number of nitrogens with zero attached hydrogens (tertiary/aromatic N) is 1. The van der Waals surface area contributed by atoms with E-state index in [4.69, 9.17) is 9.47 Å². The van der Waals surface area contributed by atoms with Gasteiger partial charge < -0.3 is 14.6 Å². The first-order valence-electron chi connectivity index (χ1n) is 7.28. The summed E-state index contributed by atoms with van der Waals surface area (Å²) in [5, 5.41) is 10.2. The molecule has 0 atom stereocenters. The third-order valence-electron chi connectivity index (χ3n) is 3.82. The van der Waals surface area contributed by atoms with Crippen LogP contribution >= 0.6 is 0 Å². The molecule has 25 heavy (non-hydrogen) atoms. The summed E-state index contributed by atoms with van der Waals surface area (Å²) in [6, 6.07) is 9.84. The van der Waals surface area contributed by atoms with Crippen LogP contribution in [0.1, 0.15) is 5.56 Å². The summed E-state index contributed by atoms with van der Waals surface area (Å²) in [6.45, 7) is 0. The molecule has 3 rings (SSSR count). The smallest absolute Gasteiger partial charge is 0.301 e. The first-order chi connectivity index (χ1) is 12.0. The predicted octanol–water partition coefficient (Wildman–Crippen LogP) is 2.69. The summed E-state index contributed by atoms with van der Waals surface area (Å²) in [6.07, 6.45) is 0. The molecule has 0 unspecified atom stereocenters. The van der Waals surface area contributed by atoms with Crippen LogP contribution in [0.3, 0.4) is 0 Å². The second kappa shape index (κ2) is 6.27. The molecule has 2 amide bonds. The number of methoxy groups -OCH3 is 2. The van der Waals surface area contributed by atoms with Crippen LogP contribution in [-0.4, -0.2) is 31.1 Å². The molecule has 1 aliphatic heterocycles. The van der Waals surface area contributed by atoms with Crippen molar-refractivity contribution < 1.29 is 28.6 Å². The van der Waals surface area contributed by atoms with Gasteiger partial charge in [-0.1, -0.05) is 18.2 Å². The van der Waals surface area contributed by atoms with Crippen molar-refractivity contribution >= 4 is 23.1 Å². The Kier molecular flexibility index (Phi) is 4.14. The predicted molar refractivity (Wildman–Crippen MR) is 88.0 cm³/mol. The van der Waals surface area contributed by atoms with Crippen LogP contribution in [-0.2, 0) is 9.59 Å². The maximum Gasteiger partial charge on any atom is 0.301 e. The van der Waals surface area contributed by atoms with E-state index < -0.39 is 23.4 Å². The molecule has 128 valence electrons. The van der Waals surface area contributed by atoms with E-state index in [-0.39, 0.29) is 16.8 Å². The Balaban J connectivity index is 2.08. The highest BCUT2D eigenvalue weighted by Gasteiger charge is 2.41. The van der Waals surface area contributed by atoms with Gasteiger partial charge in [0, 0.05) is 0 Å². The number of imide groups is 1. The third-order valence-corrected chi connectivity index (χ3v) is 3.82. The fraction of sp³-hybridized carbons (Fsp3) is 0.111. The molecule has 6 nitrogen and oxygen atoms in total. The number of para-hydroxylation sites is 1. The summed E-state index contributed by atoms with van der Waals surface area (Å²) < 4.78 is 24.3. The Morgan fingerprint density at radius 3 is 2.28 bits per heavy atom. The van der Waals surface area contributed by atoms with Gasteiger partial charge in [-0.2, -0.15) is 0 Å². The minimum atomic E-state index is -0.986. The Morgan fingerprint density at radius 1 is 0.960 bits per heavy atom. The maximum atomic E-state index is 14.0. The van der Waals surface area contributed by atoms with Gasteiger partial charge in [-0.3, -0.25) is 9.59 Å². The molecule has 0 saturated carbocycles. The SMILES string of the molecule is COc1ccc(C2=C(O)C(=O)N(c3ccccc3F)C2=O)cc1OC. The van der Waals surface area contributed by atoms with Gasteiger partial charge in [0.1, 0.15) is 5.82 Å². The van der Waals surface area contributed by atoms with E-state index >= 15 is 0 Å². The first-order valence-corrected chi connectivity index (χ1v) is 7.28. The monoisotopic (exact) mass is 343 g/mol. The molecular weight excluding hydrogens is 329 g/mol. The zero-order valence-electron chi connectivity index (χ0n) is 13.4. The van der Waals surface area contributed by atoms with E-state index in [9.17, 15) is 19.1 Å². The lowest BCUT2D eigenvalue weighted by Gasteiger charge is -2.15. The van der Waals surface area contributed by atoms with E-state index in [0.29, 0.717) is 16.4 Å². The van der Waals surface area contributed by atoms with Crippen LogP contribution in [0.4, 0.5) is 10.1 Å². The third kappa shape index (κ3) is 2.59. The van der Waals surface area contributed by atoms with Gasteiger partial charge in [0.2, 0.25) is 0 Å². The lowest BCUT2D eigenvalue weighted by Crippen LogP contribution is -2.32. The van der Waals surface area contributed by atoms with Crippen molar-refractivity contribution in [3.05, 3.63) is 59.6 Å². The molecule has 2 aromatic carbocycles. The van der Waals surface area contributed by atoms with Crippen molar-refractivity contribution in [1.82, 2.24) is 0 Å². The Labute approximate surface area is 142 Å². The molecule has 0 aliphatic carbocycles. The summed E-state index contributed by atoms with van der Waals surface area (Å²) in [5.41, 5.74) is -0.193. The van der Waals surface area contributed by atoms with E-state index in [2.05, 4.69) is 0 Å². The summed E-state index contributed by atoms with van der Waals surface area (Å²) in [7, 11) is 2.88. The standard InChI is InChI=1S/C18H14FNO5/c1-24-13-8-7-10(9-14(13)25-2)15-16(21)18(23)20(17(15)22)12-6-4-3-5-11(12)19/h3-9,21H,1-2H3. The molecule has 7 heteroatoms. The second-order valence-electron chi connectivity index (χ2n) is 5.19. The zero-order chi connectivity index (χ0) is 18.1. The topological polar surface area (TPSA) is 76.1 Å². The molecule has 1 heterocycles. The molecule has 1 aliphatic rings. The summed E-state index contributed by atoms with van der Waals surface area (Å²) >= 11 is 0. The number of amides is 2. The Hall–Kier alpha value is -3.35. The number of carbonyl (C=O) groups excluding carboxylic acids is 2. The second-order valence-corrected chi connectivity index (χ2v) is 5.19. The highest BCUT2D eigenvalue weighted by molar-refractivity contribution is 6.44. The van der Waals surface area contributed by atoms with Crippen LogP contribution in [0.5, 0.6) is 11.5 Å². The first kappa shape index (κ1) is 16.5. The molecule has 0 aromatic heterocycles. The highest BCUT2D eigenvalue weighted by Crippen LogP contribution is 2.36. The van der Waals surface area contributed by atoms with Crippen molar-refractivity contribution in [2.75, 3.05) is 19.1 Å². The molecule has 0 saturated heterocycles. The van der Waals surface area contributed by atoms with E-state index in [1.54, 1.807) is 0 Å². The van der Waals surface area contributed by atoms with Crippen LogP contribution < -0.4 is 14.4 Å². The van der Waals surface area contributed by atoms with Gasteiger partial charge in [-0.15, -0.1) is 0 Å². The average Bonchev–Trinajstić information content (AvgIpc) is 2.84. The van der Waals surface area contributed by atoms with Crippen LogP contribution in [0.25, 0.3) is 5.57 Å². The molecule has 0 fully saturated rings. The lowest BCUT2D eigenvalue weighted by molar-refractivity contribution is -0.121. The number of ether oxygens (including phenoxy) is 2. The Bertz CT molecular complexity index is 906. The maximum absolute atomic E-state index is 14.0. The number of hydrogen-bond donors (Lipinski definition) is 1. The number of benzene rings is 2. The minimum absolute atomic E-state index is 0.223. The van der Waals surface area contributed by atoms with Crippen molar-refractivity contribution in [1.29, 1.82) is 0 Å². The lowest BCUT2D eigenvalue weighted by atomic mass is 10.0. The van der Waals surface area contributed by atoms with Crippen molar-refractivity contribution in [2.45, 2.75) is 0 Å². The fourth-order valence-corrected chi connectivity index (χ4v) is 2.62. The van der Waals surface area contributed by atoms with Gasteiger partial charge in [0.15, 0.2) is 17.3 Å². The largest absolute Gasteiger partial charge is 0.502 e. The normalized spacial score (nSPS) is 14.3. The number of hydrogen-bond acceptors (Lipinski definition) is 5. The number of aliphatic hydroxyl groups excluding tert-OH is 1. The van der Waals surface area contributed by atoms with Crippen LogP contribution in [0, 0.1) is 5.82 Å². The van der Waals surface area contributed by atoms with Crippen molar-refractivity contribution in [3.63, 3.8) is 0 Å². The van der Waals surface area contributed by atoms with Gasteiger partial charge in [-0.25, -0.2) is 9.29 Å². The highest BCUT2D eigenvalue weighted by atomic mass is 19.1. The van der Waals surface area contributed by atoms with Crippen LogP contribution in [0.2, 0.25) is 0 Å². The molecule has 0 radical (unpaired) electrons. The van der Waals surface area contributed by atoms with Gasteiger partial charge >= 0.3 is 5.91 Å². The average molecular weight is 343 g/mol. The molecule has 0 spiro atoms. The van der Waals surface area contributed by atoms with Gasteiger partial charge in [-0.05, 0) is 29.8 Å². The van der Waals surface area contributed by atoms with E-state index in [1.807, 2.05) is 0 Å². The fourth-order valence-electron chi connectivity index (χ4n) is 2.62. The number of halogens is 1. The summed E-state index contributed by atoms with van der Waals surface area (Å²) in [4.78, 5) is 25.6. The number of rotatable bonds is 4. The summed E-state index contributed by atoms with van der Waals surface area (Å²) in [5.74, 6) is -2.55. The molecule has 0 bridgehead atoms. The molecule has 1 N–H and O–H groups in total. The molecular formula is C18H14FNO5. The minimum Gasteiger partial charge on any atom is -0.502 e. The van der Waals surface area contributed by atoms with Gasteiger partial charge in [0.25, 0.3) is 5.91 Å². The number of anilines is 1. The zero-order valence-corrected chi connectivity index (χ0v) is 13.4. The molecule has 2 aromatic rings. The quantitative estimate of drug-likeness (QED) is 0.864. The van der Waals surface area contributed by atoms with Crippen molar-refractivity contribution in [3.8, 4) is 11.5 Å². The Morgan fingerprint density at radius 2 is 1.64 bits per heavy atom. The van der Waals surface area contributed by atoms with Crippen LogP contribution in [0.15, 0.2) is 48.2 Å². The number of carbonyl (C=O) groups is 2. The van der Waals surface area contributed by atoms with Gasteiger partial charge in [0.05, 0.1) is 25.5 Å². The number of aliphatic hydroxyl groups is 1. The van der Waals surface area contributed by atoms with Crippen molar-refractivity contribution in [2.24, 2.45) is 0 Å².